The number of benzene rings is 1. The van der Waals surface area contributed by atoms with Crippen molar-refractivity contribution in [3.8, 4) is 0 Å². The van der Waals surface area contributed by atoms with E-state index in [1.54, 1.807) is 11.1 Å². The molecule has 2 saturated carbocycles. The van der Waals surface area contributed by atoms with Gasteiger partial charge < -0.3 is 5.32 Å². The SMILES string of the molecule is c1ccc(C2CC2)c(CNC2CCCCC2)c1. The summed E-state index contributed by atoms with van der Waals surface area (Å²) >= 11 is 0. The first-order chi connectivity index (χ1) is 8.43. The molecule has 2 aliphatic carbocycles. The maximum Gasteiger partial charge on any atom is 0.0210 e. The predicted octanol–water partition coefficient (Wildman–Crippen LogP) is 3.99. The molecule has 1 aromatic carbocycles. The van der Waals surface area contributed by atoms with Gasteiger partial charge in [-0.2, -0.15) is 0 Å². The van der Waals surface area contributed by atoms with Gasteiger partial charge in [0.05, 0.1) is 0 Å². The first kappa shape index (κ1) is 11.3. The average molecular weight is 229 g/mol. The van der Waals surface area contributed by atoms with Crippen molar-refractivity contribution >= 4 is 0 Å². The Morgan fingerprint density at radius 1 is 0.941 bits per heavy atom. The van der Waals surface area contributed by atoms with Crippen molar-refractivity contribution in [1.29, 1.82) is 0 Å². The van der Waals surface area contributed by atoms with Gasteiger partial charge in [0.1, 0.15) is 0 Å². The van der Waals surface area contributed by atoms with Gasteiger partial charge in [0.25, 0.3) is 0 Å². The highest BCUT2D eigenvalue weighted by Gasteiger charge is 2.25. The van der Waals surface area contributed by atoms with Crippen LogP contribution in [0.25, 0.3) is 0 Å². The molecule has 0 saturated heterocycles. The van der Waals surface area contributed by atoms with Crippen LogP contribution in [0, 0.1) is 0 Å². The van der Waals surface area contributed by atoms with Crippen LogP contribution in [0.2, 0.25) is 0 Å². The zero-order valence-corrected chi connectivity index (χ0v) is 10.6. The van der Waals surface area contributed by atoms with Gasteiger partial charge in [0.15, 0.2) is 0 Å². The molecule has 1 heteroatoms. The molecule has 0 bridgehead atoms. The Labute approximate surface area is 105 Å². The molecule has 1 nitrogen and oxygen atoms in total. The normalized spacial score (nSPS) is 21.6. The van der Waals surface area contributed by atoms with E-state index in [-0.39, 0.29) is 0 Å². The average Bonchev–Trinajstić information content (AvgIpc) is 3.22. The fraction of sp³-hybridized carbons (Fsp3) is 0.625. The minimum atomic E-state index is 0.774. The molecule has 92 valence electrons. The van der Waals surface area contributed by atoms with Gasteiger partial charge in [-0.1, -0.05) is 43.5 Å². The summed E-state index contributed by atoms with van der Waals surface area (Å²) in [6.07, 6.45) is 9.85. The Morgan fingerprint density at radius 2 is 1.71 bits per heavy atom. The molecule has 0 amide bonds. The van der Waals surface area contributed by atoms with Crippen LogP contribution in [0.15, 0.2) is 24.3 Å². The van der Waals surface area contributed by atoms with E-state index >= 15 is 0 Å². The summed E-state index contributed by atoms with van der Waals surface area (Å²) in [5.41, 5.74) is 3.15. The summed E-state index contributed by atoms with van der Waals surface area (Å²) in [5, 5.41) is 3.76. The van der Waals surface area contributed by atoms with Crippen molar-refractivity contribution in [2.75, 3.05) is 0 Å². The fourth-order valence-electron chi connectivity index (χ4n) is 3.05. The van der Waals surface area contributed by atoms with Crippen molar-refractivity contribution in [2.24, 2.45) is 0 Å². The topological polar surface area (TPSA) is 12.0 Å². The lowest BCUT2D eigenvalue weighted by Gasteiger charge is -2.23. The second kappa shape index (κ2) is 5.22. The lowest BCUT2D eigenvalue weighted by Crippen LogP contribution is -2.30. The molecule has 1 N–H and O–H groups in total. The molecular weight excluding hydrogens is 206 g/mol. The van der Waals surface area contributed by atoms with Gasteiger partial charge >= 0.3 is 0 Å². The van der Waals surface area contributed by atoms with Crippen molar-refractivity contribution in [1.82, 2.24) is 5.32 Å². The van der Waals surface area contributed by atoms with Gasteiger partial charge in [-0.25, -0.2) is 0 Å². The largest absolute Gasteiger partial charge is 0.310 e. The van der Waals surface area contributed by atoms with Crippen LogP contribution >= 0.6 is 0 Å². The van der Waals surface area contributed by atoms with Crippen LogP contribution in [0.1, 0.15) is 62.0 Å². The minimum Gasteiger partial charge on any atom is -0.310 e. The molecule has 0 spiro atoms. The quantitative estimate of drug-likeness (QED) is 0.823. The van der Waals surface area contributed by atoms with Gasteiger partial charge in [-0.05, 0) is 42.7 Å². The molecule has 0 aliphatic heterocycles. The lowest BCUT2D eigenvalue weighted by molar-refractivity contribution is 0.372. The van der Waals surface area contributed by atoms with Gasteiger partial charge in [0, 0.05) is 12.6 Å². The molecular formula is C16H23N. The molecule has 0 aromatic heterocycles. The van der Waals surface area contributed by atoms with E-state index in [2.05, 4.69) is 29.6 Å². The zero-order valence-electron chi connectivity index (χ0n) is 10.6. The van der Waals surface area contributed by atoms with Gasteiger partial charge in [-0.15, -0.1) is 0 Å². The standard InChI is InChI=1S/C16H23N/c1-2-7-15(8-3-1)17-12-14-6-4-5-9-16(14)13-10-11-13/h4-6,9,13,15,17H,1-3,7-8,10-12H2. The van der Waals surface area contributed by atoms with E-state index in [1.807, 2.05) is 0 Å². The maximum atomic E-state index is 3.76. The molecule has 2 aliphatic rings. The Hall–Kier alpha value is -0.820. The molecule has 2 fully saturated rings. The van der Waals surface area contributed by atoms with E-state index in [0.29, 0.717) is 0 Å². The molecule has 1 aromatic rings. The Bertz CT molecular complexity index is 362. The third kappa shape index (κ3) is 2.90. The van der Waals surface area contributed by atoms with Crippen LogP contribution in [-0.4, -0.2) is 6.04 Å². The number of hydrogen-bond donors (Lipinski definition) is 1. The third-order valence-electron chi connectivity index (χ3n) is 4.26. The molecule has 0 radical (unpaired) electrons. The van der Waals surface area contributed by atoms with Crippen LogP contribution in [0.4, 0.5) is 0 Å². The summed E-state index contributed by atoms with van der Waals surface area (Å²) in [7, 11) is 0. The highest BCUT2D eigenvalue weighted by atomic mass is 14.9. The number of rotatable bonds is 4. The Balaban J connectivity index is 1.60. The van der Waals surface area contributed by atoms with Crippen LogP contribution in [-0.2, 0) is 6.54 Å². The van der Waals surface area contributed by atoms with E-state index in [9.17, 15) is 0 Å². The number of nitrogens with one attached hydrogen (secondary N) is 1. The highest BCUT2D eigenvalue weighted by molar-refractivity contribution is 5.33. The van der Waals surface area contributed by atoms with E-state index in [1.165, 1.54) is 44.9 Å². The monoisotopic (exact) mass is 229 g/mol. The molecule has 0 heterocycles. The summed E-state index contributed by atoms with van der Waals surface area (Å²) in [4.78, 5) is 0. The molecule has 3 rings (SSSR count). The minimum absolute atomic E-state index is 0.774. The van der Waals surface area contributed by atoms with Gasteiger partial charge in [-0.3, -0.25) is 0 Å². The maximum absolute atomic E-state index is 3.76. The van der Waals surface area contributed by atoms with Crippen molar-refractivity contribution < 1.29 is 0 Å². The smallest absolute Gasteiger partial charge is 0.0210 e. The van der Waals surface area contributed by atoms with Crippen molar-refractivity contribution in [3.63, 3.8) is 0 Å². The first-order valence-electron chi connectivity index (χ1n) is 7.24. The Morgan fingerprint density at radius 3 is 2.47 bits per heavy atom. The van der Waals surface area contributed by atoms with E-state index in [4.69, 9.17) is 0 Å². The van der Waals surface area contributed by atoms with Crippen LogP contribution in [0.5, 0.6) is 0 Å². The Kier molecular flexibility index (Phi) is 3.46. The molecule has 17 heavy (non-hydrogen) atoms. The summed E-state index contributed by atoms with van der Waals surface area (Å²) in [6.45, 7) is 1.08. The van der Waals surface area contributed by atoms with E-state index < -0.39 is 0 Å². The first-order valence-corrected chi connectivity index (χ1v) is 7.24. The fourth-order valence-corrected chi connectivity index (χ4v) is 3.05. The predicted molar refractivity (Wildman–Crippen MR) is 72.1 cm³/mol. The van der Waals surface area contributed by atoms with E-state index in [0.717, 1.165) is 18.5 Å². The summed E-state index contributed by atoms with van der Waals surface area (Å²) < 4.78 is 0. The van der Waals surface area contributed by atoms with Crippen molar-refractivity contribution in [2.45, 2.75) is 63.5 Å². The van der Waals surface area contributed by atoms with Gasteiger partial charge in [0.2, 0.25) is 0 Å². The zero-order chi connectivity index (χ0) is 11.5. The second-order valence-corrected chi connectivity index (χ2v) is 5.69. The summed E-state index contributed by atoms with van der Waals surface area (Å²) in [5.74, 6) is 0.874. The molecule has 0 unspecified atom stereocenters. The van der Waals surface area contributed by atoms with Crippen LogP contribution in [0.3, 0.4) is 0 Å². The molecule has 0 atom stereocenters. The third-order valence-corrected chi connectivity index (χ3v) is 4.26. The van der Waals surface area contributed by atoms with Crippen molar-refractivity contribution in [3.05, 3.63) is 35.4 Å². The second-order valence-electron chi connectivity index (χ2n) is 5.69. The number of hydrogen-bond acceptors (Lipinski definition) is 1. The van der Waals surface area contributed by atoms with Crippen LogP contribution < -0.4 is 5.32 Å². The highest BCUT2D eigenvalue weighted by Crippen LogP contribution is 2.41. The lowest BCUT2D eigenvalue weighted by atomic mass is 9.95. The summed E-state index contributed by atoms with van der Waals surface area (Å²) in [6, 6.07) is 9.79.